The van der Waals surface area contributed by atoms with Crippen molar-refractivity contribution in [2.24, 2.45) is 5.73 Å². The summed E-state index contributed by atoms with van der Waals surface area (Å²) in [6.07, 6.45) is 2.19. The first kappa shape index (κ1) is 32.5. The van der Waals surface area contributed by atoms with E-state index in [1.807, 2.05) is 30.3 Å². The first-order chi connectivity index (χ1) is 20.5. The largest absolute Gasteiger partial charge is 0.480 e. The highest BCUT2D eigenvalue weighted by molar-refractivity contribution is 6.34. The van der Waals surface area contributed by atoms with Crippen molar-refractivity contribution in [2.75, 3.05) is 13.2 Å². The van der Waals surface area contributed by atoms with Crippen LogP contribution in [0.1, 0.15) is 42.4 Å². The molecular weight excluding hydrogens is 595 g/mol. The average Bonchev–Trinajstić information content (AvgIpc) is 3.36. The number of carbonyl (C=O) groups is 1. The van der Waals surface area contributed by atoms with E-state index >= 15 is 8.78 Å². The van der Waals surface area contributed by atoms with Gasteiger partial charge in [-0.1, -0.05) is 48.0 Å². The Bertz CT molecular complexity index is 1440. The number of benzene rings is 3. The number of carbonyl (C=O) groups excluding carboxylic acids is 1. The van der Waals surface area contributed by atoms with Gasteiger partial charge in [-0.2, -0.15) is 8.78 Å². The molecule has 0 unspecified atom stereocenters. The van der Waals surface area contributed by atoms with Crippen LogP contribution in [-0.2, 0) is 16.8 Å². The normalized spacial score (nSPS) is 22.8. The van der Waals surface area contributed by atoms with Crippen LogP contribution in [0.15, 0.2) is 48.5 Å². The Labute approximate surface area is 250 Å². The van der Waals surface area contributed by atoms with E-state index in [4.69, 9.17) is 21.1 Å². The van der Waals surface area contributed by atoms with Crippen molar-refractivity contribution in [3.63, 3.8) is 0 Å². The molecule has 1 aliphatic carbocycles. The van der Waals surface area contributed by atoms with Gasteiger partial charge < -0.3 is 25.6 Å². The quantitative estimate of drug-likeness (QED) is 0.200. The maximum atomic E-state index is 15.6. The van der Waals surface area contributed by atoms with E-state index in [0.29, 0.717) is 36.8 Å². The van der Waals surface area contributed by atoms with Crippen LogP contribution in [0.5, 0.6) is 11.5 Å². The summed E-state index contributed by atoms with van der Waals surface area (Å²) in [5, 5.41) is 13.4. The summed E-state index contributed by atoms with van der Waals surface area (Å²) in [6, 6.07) is 12.9. The fourth-order valence-corrected chi connectivity index (χ4v) is 6.02. The van der Waals surface area contributed by atoms with Crippen molar-refractivity contribution < 1.29 is 41.3 Å². The summed E-state index contributed by atoms with van der Waals surface area (Å²) in [6.45, 7) is -2.19. The molecule has 5 rings (SSSR count). The van der Waals surface area contributed by atoms with E-state index in [9.17, 15) is 18.3 Å². The highest BCUT2D eigenvalue weighted by atomic mass is 35.5. The predicted molar refractivity (Wildman–Crippen MR) is 152 cm³/mol. The van der Waals surface area contributed by atoms with Crippen molar-refractivity contribution in [3.8, 4) is 22.6 Å². The minimum atomic E-state index is -3.25. The molecule has 6 nitrogen and oxygen atoms in total. The van der Waals surface area contributed by atoms with Gasteiger partial charge in [0.05, 0.1) is 10.6 Å². The fraction of sp³-hybridized carbons (Fsp3) is 0.387. The summed E-state index contributed by atoms with van der Waals surface area (Å²) < 4.78 is 80.8. The highest BCUT2D eigenvalue weighted by Gasteiger charge is 2.45. The third-order valence-electron chi connectivity index (χ3n) is 7.98. The van der Waals surface area contributed by atoms with E-state index in [-0.39, 0.29) is 47.3 Å². The van der Waals surface area contributed by atoms with Gasteiger partial charge in [0.15, 0.2) is 17.2 Å². The zero-order valence-corrected chi connectivity index (χ0v) is 24.1. The topological polar surface area (TPSA) is 93.8 Å². The van der Waals surface area contributed by atoms with Crippen LogP contribution in [-0.4, -0.2) is 43.0 Å². The lowest BCUT2D eigenvalue weighted by molar-refractivity contribution is -0.106. The van der Waals surface area contributed by atoms with E-state index in [1.54, 1.807) is 6.92 Å². The van der Waals surface area contributed by atoms with Gasteiger partial charge in [-0.05, 0) is 49.8 Å². The molecule has 43 heavy (non-hydrogen) atoms. The van der Waals surface area contributed by atoms with Crippen molar-refractivity contribution in [1.82, 2.24) is 5.32 Å². The second-order valence-corrected chi connectivity index (χ2v) is 11.1. The molecular formula is C31H32ClF5N2O4. The van der Waals surface area contributed by atoms with Crippen LogP contribution in [0.2, 0.25) is 5.02 Å². The van der Waals surface area contributed by atoms with E-state index in [1.165, 1.54) is 6.07 Å². The third-order valence-corrected chi connectivity index (χ3v) is 8.35. The smallest absolute Gasteiger partial charge is 0.387 e. The fourth-order valence-electron chi connectivity index (χ4n) is 5.75. The van der Waals surface area contributed by atoms with Gasteiger partial charge in [0.2, 0.25) is 6.41 Å². The molecule has 3 aromatic carbocycles. The van der Waals surface area contributed by atoms with Crippen LogP contribution < -0.4 is 20.5 Å². The number of alkyl halides is 3. The molecule has 0 saturated heterocycles. The van der Waals surface area contributed by atoms with Crippen molar-refractivity contribution in [1.29, 1.82) is 0 Å². The van der Waals surface area contributed by atoms with E-state index < -0.39 is 41.9 Å². The number of hydrogen-bond acceptors (Lipinski definition) is 5. The molecule has 1 saturated carbocycles. The molecule has 2 aliphatic rings. The second kappa shape index (κ2) is 13.5. The van der Waals surface area contributed by atoms with Crippen molar-refractivity contribution in [3.05, 3.63) is 81.9 Å². The maximum Gasteiger partial charge on any atom is 0.387 e. The number of aryl methyl sites for hydroxylation is 1. The molecule has 4 N–H and O–H groups in total. The van der Waals surface area contributed by atoms with Gasteiger partial charge in [0.1, 0.15) is 18.2 Å². The molecule has 232 valence electrons. The van der Waals surface area contributed by atoms with Crippen LogP contribution in [0.25, 0.3) is 11.1 Å². The molecule has 0 radical (unpaired) electrons. The number of primary amides is 1. The van der Waals surface area contributed by atoms with Crippen LogP contribution >= 0.6 is 11.6 Å². The molecule has 1 heterocycles. The first-order valence-electron chi connectivity index (χ1n) is 13.6. The molecule has 0 spiro atoms. The second-order valence-electron chi connectivity index (χ2n) is 10.8. The van der Waals surface area contributed by atoms with Gasteiger partial charge in [-0.25, -0.2) is 13.2 Å². The van der Waals surface area contributed by atoms with Crippen LogP contribution in [0.3, 0.4) is 0 Å². The zero-order valence-electron chi connectivity index (χ0n) is 23.3. The van der Waals surface area contributed by atoms with Gasteiger partial charge >= 0.3 is 6.61 Å². The van der Waals surface area contributed by atoms with Gasteiger partial charge in [0.25, 0.3) is 0 Å². The lowest BCUT2D eigenvalue weighted by Crippen LogP contribution is -2.48. The number of amides is 1. The Morgan fingerprint density at radius 1 is 1.16 bits per heavy atom. The van der Waals surface area contributed by atoms with Crippen LogP contribution in [0, 0.1) is 18.6 Å². The summed E-state index contributed by atoms with van der Waals surface area (Å²) in [4.78, 5) is 8.58. The molecule has 1 amide bonds. The Hall–Kier alpha value is -3.41. The van der Waals surface area contributed by atoms with Crippen molar-refractivity contribution >= 4 is 18.0 Å². The SMILES string of the molecule is Cc1ccc(OC(F)F)c(F)c1-c1c(Cl)c(F)cc2c1C[C@@](CNC1CCC(O)(CF)CC1)(c1ccccc1)O2.NC=O. The monoisotopic (exact) mass is 626 g/mol. The molecule has 3 aromatic rings. The first-order valence-corrected chi connectivity index (χ1v) is 14.0. The lowest BCUT2D eigenvalue weighted by atomic mass is 9.82. The summed E-state index contributed by atoms with van der Waals surface area (Å²) in [5.41, 5.74) is 3.28. The summed E-state index contributed by atoms with van der Waals surface area (Å²) in [7, 11) is 0. The predicted octanol–water partition coefficient (Wildman–Crippen LogP) is 6.36. The zero-order chi connectivity index (χ0) is 31.4. The third kappa shape index (κ3) is 6.89. The number of ether oxygens (including phenoxy) is 2. The molecule has 1 atom stereocenters. The standard InChI is InChI=1S/C30H29ClF5NO3.CH3NO/c1-17-7-8-22(39-28(35)36)27(34)24(17)25-20-14-30(18-5-3-2-4-6-18,40-23(20)13-21(33)26(25)31)16-37-19-9-11-29(38,15-32)12-10-19;2-1-3/h2-8,13,19,28,37-38H,9-12,14-16H2,1H3;1H,(H2,2,3)/t19?,29?,30-;/m1./s1. The Balaban J connectivity index is 0.00000135. The van der Waals surface area contributed by atoms with E-state index in [2.05, 4.69) is 15.8 Å². The van der Waals surface area contributed by atoms with Crippen molar-refractivity contribution in [2.45, 2.75) is 62.9 Å². The maximum absolute atomic E-state index is 15.6. The number of halogens is 6. The Morgan fingerprint density at radius 2 is 1.81 bits per heavy atom. The van der Waals surface area contributed by atoms with Gasteiger partial charge in [0, 0.05) is 41.8 Å². The lowest BCUT2D eigenvalue weighted by Gasteiger charge is -2.37. The molecule has 0 aromatic heterocycles. The number of hydrogen-bond donors (Lipinski definition) is 3. The number of rotatable bonds is 8. The molecule has 0 bridgehead atoms. The van der Waals surface area contributed by atoms with Gasteiger partial charge in [-0.3, -0.25) is 4.79 Å². The van der Waals surface area contributed by atoms with Gasteiger partial charge in [-0.15, -0.1) is 0 Å². The van der Waals surface area contributed by atoms with E-state index in [0.717, 1.165) is 17.7 Å². The molecule has 1 fully saturated rings. The Morgan fingerprint density at radius 3 is 2.42 bits per heavy atom. The summed E-state index contributed by atoms with van der Waals surface area (Å²) in [5.74, 6) is -2.43. The minimum absolute atomic E-state index is 0.0117. The Kier molecular flexibility index (Phi) is 10.2. The average molecular weight is 627 g/mol. The number of nitrogens with two attached hydrogens (primary N) is 1. The number of fused-ring (bicyclic) bond motifs is 1. The summed E-state index contributed by atoms with van der Waals surface area (Å²) >= 11 is 6.44. The molecule has 12 heteroatoms. The number of nitrogens with one attached hydrogen (secondary N) is 1. The number of aliphatic hydroxyl groups is 1. The highest BCUT2D eigenvalue weighted by Crippen LogP contribution is 2.50. The minimum Gasteiger partial charge on any atom is -0.480 e. The van der Waals surface area contributed by atoms with Crippen LogP contribution in [0.4, 0.5) is 22.0 Å². The molecule has 1 aliphatic heterocycles.